The number of thiazole rings is 1. The fraction of sp³-hybridized carbons (Fsp3) is 0.500. The third kappa shape index (κ3) is 2.51. The predicted molar refractivity (Wildman–Crippen MR) is 79.9 cm³/mol. The number of hydrogen-bond donors (Lipinski definition) is 1. The molecule has 2 heterocycles. The summed E-state index contributed by atoms with van der Waals surface area (Å²) >= 11 is 1.36. The molecule has 1 unspecified atom stereocenters. The number of halogens is 1. The summed E-state index contributed by atoms with van der Waals surface area (Å²) < 4.78 is 14.3. The summed E-state index contributed by atoms with van der Waals surface area (Å²) in [5, 5.41) is 11.3. The third-order valence-corrected chi connectivity index (χ3v) is 4.71. The highest BCUT2D eigenvalue weighted by Crippen LogP contribution is 2.34. The number of aromatic nitrogens is 1. The van der Waals surface area contributed by atoms with Gasteiger partial charge in [-0.1, -0.05) is 17.4 Å². The lowest BCUT2D eigenvalue weighted by molar-refractivity contribution is 0.0366. The number of aliphatic hydroxyl groups is 1. The number of anilines is 1. The highest BCUT2D eigenvalue weighted by Gasteiger charge is 2.37. The molecule has 1 saturated heterocycles. The number of rotatable bonds is 3. The van der Waals surface area contributed by atoms with Gasteiger partial charge in [0.1, 0.15) is 5.82 Å². The first-order chi connectivity index (χ1) is 9.47. The second-order valence-corrected chi connectivity index (χ2v) is 6.70. The van der Waals surface area contributed by atoms with Crippen molar-refractivity contribution < 1.29 is 9.50 Å². The summed E-state index contributed by atoms with van der Waals surface area (Å²) in [5.74, 6) is -0.228. The van der Waals surface area contributed by atoms with E-state index in [1.165, 1.54) is 17.4 Å². The maximum atomic E-state index is 13.7. The van der Waals surface area contributed by atoms with Crippen LogP contribution in [0.4, 0.5) is 9.52 Å². The molecule has 3 rings (SSSR count). The van der Waals surface area contributed by atoms with Crippen molar-refractivity contribution in [3.05, 3.63) is 24.0 Å². The quantitative estimate of drug-likeness (QED) is 0.939. The normalized spacial score (nSPS) is 23.1. The summed E-state index contributed by atoms with van der Waals surface area (Å²) in [4.78, 5) is 8.52. The van der Waals surface area contributed by atoms with Crippen LogP contribution < -0.4 is 4.90 Å². The molecule has 4 nitrogen and oxygen atoms in total. The van der Waals surface area contributed by atoms with Crippen molar-refractivity contribution in [2.75, 3.05) is 38.6 Å². The SMILES string of the molecule is CN(C)CC1(O)CCN(c2nc3cccc(F)c3s2)C1. The molecule has 1 N–H and O–H groups in total. The Morgan fingerprint density at radius 1 is 1.50 bits per heavy atom. The van der Waals surface area contributed by atoms with Crippen LogP contribution in [-0.2, 0) is 0 Å². The molecule has 0 amide bonds. The minimum absolute atomic E-state index is 0.228. The minimum Gasteiger partial charge on any atom is -0.387 e. The van der Waals surface area contributed by atoms with Crippen molar-refractivity contribution in [1.82, 2.24) is 9.88 Å². The van der Waals surface area contributed by atoms with E-state index >= 15 is 0 Å². The second kappa shape index (κ2) is 4.95. The average molecular weight is 295 g/mol. The number of nitrogens with zero attached hydrogens (tertiary/aromatic N) is 3. The smallest absolute Gasteiger partial charge is 0.186 e. The number of fused-ring (bicyclic) bond motifs is 1. The van der Waals surface area contributed by atoms with Crippen LogP contribution in [0.2, 0.25) is 0 Å². The van der Waals surface area contributed by atoms with Gasteiger partial charge in [-0.15, -0.1) is 0 Å². The van der Waals surface area contributed by atoms with E-state index in [0.717, 1.165) is 11.7 Å². The molecule has 1 fully saturated rings. The van der Waals surface area contributed by atoms with Crippen molar-refractivity contribution in [2.45, 2.75) is 12.0 Å². The summed E-state index contributed by atoms with van der Waals surface area (Å²) in [6.45, 7) is 1.93. The molecule has 2 aromatic rings. The van der Waals surface area contributed by atoms with Gasteiger partial charge < -0.3 is 14.9 Å². The van der Waals surface area contributed by atoms with Gasteiger partial charge in [0.05, 0.1) is 22.4 Å². The van der Waals surface area contributed by atoms with Gasteiger partial charge in [0.2, 0.25) is 0 Å². The molecule has 0 bridgehead atoms. The van der Waals surface area contributed by atoms with Gasteiger partial charge in [-0.2, -0.15) is 0 Å². The van der Waals surface area contributed by atoms with Gasteiger partial charge in [-0.3, -0.25) is 0 Å². The van der Waals surface area contributed by atoms with Crippen LogP contribution >= 0.6 is 11.3 Å². The monoisotopic (exact) mass is 295 g/mol. The molecular weight excluding hydrogens is 277 g/mol. The Balaban J connectivity index is 1.84. The molecule has 1 atom stereocenters. The van der Waals surface area contributed by atoms with Crippen molar-refractivity contribution in [1.29, 1.82) is 0 Å². The maximum Gasteiger partial charge on any atom is 0.186 e. The standard InChI is InChI=1S/C14H18FN3OS/c1-17(2)8-14(19)6-7-18(9-14)13-16-11-5-3-4-10(15)12(11)20-13/h3-5,19H,6-9H2,1-2H3. The van der Waals surface area contributed by atoms with Crippen LogP contribution in [0.25, 0.3) is 10.2 Å². The van der Waals surface area contributed by atoms with E-state index in [2.05, 4.69) is 4.98 Å². The third-order valence-electron chi connectivity index (χ3n) is 3.57. The van der Waals surface area contributed by atoms with E-state index < -0.39 is 5.60 Å². The Kier molecular flexibility index (Phi) is 3.40. The number of benzene rings is 1. The molecule has 0 aliphatic carbocycles. The molecule has 0 spiro atoms. The number of likely N-dealkylation sites (N-methyl/N-ethyl adjacent to an activating group) is 1. The Morgan fingerprint density at radius 2 is 2.30 bits per heavy atom. The zero-order chi connectivity index (χ0) is 14.3. The van der Waals surface area contributed by atoms with E-state index in [0.29, 0.717) is 29.7 Å². The molecule has 1 aliphatic heterocycles. The number of hydrogen-bond acceptors (Lipinski definition) is 5. The number of β-amino-alcohol motifs (C(OH)–C–C–N with tert-alkyl or cyclic N) is 1. The van der Waals surface area contributed by atoms with Crippen molar-refractivity contribution in [2.24, 2.45) is 0 Å². The molecule has 1 aromatic heterocycles. The van der Waals surface area contributed by atoms with Gasteiger partial charge >= 0.3 is 0 Å². The van der Waals surface area contributed by atoms with Crippen molar-refractivity contribution in [3.63, 3.8) is 0 Å². The lowest BCUT2D eigenvalue weighted by Crippen LogP contribution is -2.42. The van der Waals surface area contributed by atoms with Gasteiger partial charge in [-0.25, -0.2) is 9.37 Å². The molecule has 108 valence electrons. The summed E-state index contributed by atoms with van der Waals surface area (Å²) in [7, 11) is 3.90. The van der Waals surface area contributed by atoms with E-state index in [1.54, 1.807) is 6.07 Å². The van der Waals surface area contributed by atoms with Gasteiger partial charge in [0.25, 0.3) is 0 Å². The zero-order valence-corrected chi connectivity index (χ0v) is 12.5. The van der Waals surface area contributed by atoms with Crippen LogP contribution in [0, 0.1) is 5.82 Å². The first-order valence-corrected chi connectivity index (χ1v) is 7.46. The summed E-state index contributed by atoms with van der Waals surface area (Å²) in [5.41, 5.74) is -0.0204. The lowest BCUT2D eigenvalue weighted by atomic mass is 10.0. The second-order valence-electron chi connectivity index (χ2n) is 5.72. The van der Waals surface area contributed by atoms with Crippen LogP contribution in [0.15, 0.2) is 18.2 Å². The average Bonchev–Trinajstić information content (AvgIpc) is 2.93. The van der Waals surface area contributed by atoms with Gasteiger partial charge in [0.15, 0.2) is 5.13 Å². The molecule has 20 heavy (non-hydrogen) atoms. The zero-order valence-electron chi connectivity index (χ0n) is 11.6. The summed E-state index contributed by atoms with van der Waals surface area (Å²) in [6, 6.07) is 4.95. The fourth-order valence-electron chi connectivity index (χ4n) is 2.78. The van der Waals surface area contributed by atoms with Gasteiger partial charge in [-0.05, 0) is 32.6 Å². The molecule has 0 saturated carbocycles. The van der Waals surface area contributed by atoms with Crippen LogP contribution in [0.3, 0.4) is 0 Å². The predicted octanol–water partition coefficient (Wildman–Crippen LogP) is 1.94. The Morgan fingerprint density at radius 3 is 3.00 bits per heavy atom. The first-order valence-electron chi connectivity index (χ1n) is 6.64. The highest BCUT2D eigenvalue weighted by molar-refractivity contribution is 7.22. The largest absolute Gasteiger partial charge is 0.387 e. The van der Waals surface area contributed by atoms with Gasteiger partial charge in [0, 0.05) is 13.1 Å². The van der Waals surface area contributed by atoms with Crippen molar-refractivity contribution >= 4 is 26.7 Å². The molecule has 1 aliphatic rings. The van der Waals surface area contributed by atoms with Crippen LogP contribution in [-0.4, -0.2) is 54.3 Å². The Bertz CT molecular complexity index is 630. The lowest BCUT2D eigenvalue weighted by Gasteiger charge is -2.26. The van der Waals surface area contributed by atoms with E-state index in [-0.39, 0.29) is 5.82 Å². The Hall–Kier alpha value is -1.24. The summed E-state index contributed by atoms with van der Waals surface area (Å²) in [6.07, 6.45) is 0.712. The minimum atomic E-state index is -0.708. The Labute approximate surface area is 121 Å². The van der Waals surface area contributed by atoms with E-state index in [4.69, 9.17) is 0 Å². The molecule has 1 aromatic carbocycles. The first kappa shape index (κ1) is 13.7. The van der Waals surface area contributed by atoms with Crippen molar-refractivity contribution in [3.8, 4) is 0 Å². The highest BCUT2D eigenvalue weighted by atomic mass is 32.1. The topological polar surface area (TPSA) is 39.6 Å². The molecule has 0 radical (unpaired) electrons. The van der Waals surface area contributed by atoms with Crippen LogP contribution in [0.5, 0.6) is 0 Å². The van der Waals surface area contributed by atoms with E-state index in [1.807, 2.05) is 30.0 Å². The van der Waals surface area contributed by atoms with E-state index in [9.17, 15) is 9.50 Å². The van der Waals surface area contributed by atoms with Crippen LogP contribution in [0.1, 0.15) is 6.42 Å². The fourth-order valence-corrected chi connectivity index (χ4v) is 3.77. The molecular formula is C14H18FN3OS. The maximum absolute atomic E-state index is 13.7. The molecule has 6 heteroatoms.